The maximum absolute atomic E-state index is 2.57. The van der Waals surface area contributed by atoms with Gasteiger partial charge >= 0.3 is 0 Å². The molecule has 43 heavy (non-hydrogen) atoms. The second-order valence-corrected chi connectivity index (χ2v) is 13.8. The SMILES string of the molecule is CC(C)C1(c2ccccc2)C=CC(c2ccccc2)=CC1SC1C=C(c2ccccc2)C=CC1(c1ccccc1)C(C)C. The van der Waals surface area contributed by atoms with Crippen molar-refractivity contribution in [2.24, 2.45) is 11.8 Å². The first kappa shape index (κ1) is 29.3. The minimum absolute atomic E-state index is 0.147. The second kappa shape index (κ2) is 12.4. The molecule has 2 aliphatic rings. The van der Waals surface area contributed by atoms with Gasteiger partial charge in [0, 0.05) is 21.3 Å². The molecule has 0 heterocycles. The maximum atomic E-state index is 2.57. The minimum Gasteiger partial charge on any atom is -0.144 e. The van der Waals surface area contributed by atoms with Crippen LogP contribution in [0.25, 0.3) is 11.1 Å². The molecule has 0 N–H and O–H groups in total. The topological polar surface area (TPSA) is 0 Å². The van der Waals surface area contributed by atoms with E-state index in [-0.39, 0.29) is 21.3 Å². The van der Waals surface area contributed by atoms with Gasteiger partial charge in [-0.3, -0.25) is 0 Å². The molecule has 0 aliphatic heterocycles. The molecule has 6 rings (SSSR count). The lowest BCUT2D eigenvalue weighted by Gasteiger charge is -2.49. The normalized spacial score (nSPS) is 25.1. The summed E-state index contributed by atoms with van der Waals surface area (Å²) < 4.78 is 0. The largest absolute Gasteiger partial charge is 0.144 e. The standard InChI is InChI=1S/C42H42S/c1-31(2)41(37-21-13-7-14-22-37)27-25-35(33-17-9-5-10-18-33)29-39(41)43-40-30-36(34-19-11-6-12-20-34)26-28-42(40,32(3)4)38-23-15-8-16-24-38/h5-32,39-40H,1-4H3. The van der Waals surface area contributed by atoms with Crippen molar-refractivity contribution in [3.05, 3.63) is 180 Å². The molecule has 0 amide bonds. The summed E-state index contributed by atoms with van der Waals surface area (Å²) in [6.07, 6.45) is 14.9. The molecule has 0 spiro atoms. The summed E-state index contributed by atoms with van der Waals surface area (Å²) in [5.74, 6) is 0.804. The first-order valence-electron chi connectivity index (χ1n) is 15.6. The van der Waals surface area contributed by atoms with Gasteiger partial charge in [-0.15, -0.1) is 11.8 Å². The Bertz CT molecular complexity index is 1500. The number of hydrogen-bond donors (Lipinski definition) is 0. The lowest BCUT2D eigenvalue weighted by Crippen LogP contribution is -2.46. The van der Waals surface area contributed by atoms with Crippen molar-refractivity contribution in [3.8, 4) is 0 Å². The van der Waals surface area contributed by atoms with Gasteiger partial charge in [-0.05, 0) is 45.2 Å². The quantitative estimate of drug-likeness (QED) is 0.200. The lowest BCUT2D eigenvalue weighted by atomic mass is 9.66. The van der Waals surface area contributed by atoms with Crippen LogP contribution < -0.4 is 0 Å². The second-order valence-electron chi connectivity index (χ2n) is 12.5. The summed E-state index contributed by atoms with van der Waals surface area (Å²) in [5, 5.41) is 0.448. The van der Waals surface area contributed by atoms with Crippen LogP contribution in [0.4, 0.5) is 0 Å². The van der Waals surface area contributed by atoms with E-state index in [0.29, 0.717) is 11.8 Å². The molecule has 0 aromatic heterocycles. The molecular weight excluding hydrogens is 537 g/mol. The summed E-state index contributed by atoms with van der Waals surface area (Å²) in [6.45, 7) is 9.58. The highest BCUT2D eigenvalue weighted by Crippen LogP contribution is 2.54. The Balaban J connectivity index is 1.54. The number of rotatable bonds is 8. The number of hydrogen-bond acceptors (Lipinski definition) is 1. The Kier molecular flexibility index (Phi) is 8.46. The fourth-order valence-corrected chi connectivity index (χ4v) is 9.34. The molecule has 0 radical (unpaired) electrons. The number of benzene rings is 4. The number of thioether (sulfide) groups is 1. The van der Waals surface area contributed by atoms with Gasteiger partial charge in [0.05, 0.1) is 0 Å². The van der Waals surface area contributed by atoms with Crippen LogP contribution in [0, 0.1) is 11.8 Å². The highest BCUT2D eigenvalue weighted by molar-refractivity contribution is 8.01. The van der Waals surface area contributed by atoms with Gasteiger partial charge in [0.2, 0.25) is 0 Å². The van der Waals surface area contributed by atoms with Crippen LogP contribution in [-0.2, 0) is 10.8 Å². The van der Waals surface area contributed by atoms with E-state index in [1.807, 2.05) is 0 Å². The monoisotopic (exact) mass is 578 g/mol. The highest BCUT2D eigenvalue weighted by Gasteiger charge is 2.48. The molecule has 0 bridgehead atoms. The van der Waals surface area contributed by atoms with Crippen molar-refractivity contribution >= 4 is 22.9 Å². The summed E-state index contributed by atoms with van der Waals surface area (Å²) in [7, 11) is 0. The van der Waals surface area contributed by atoms with E-state index >= 15 is 0 Å². The van der Waals surface area contributed by atoms with Crippen molar-refractivity contribution in [2.75, 3.05) is 0 Å². The fourth-order valence-electron chi connectivity index (χ4n) is 7.15. The predicted octanol–water partition coefficient (Wildman–Crippen LogP) is 11.0. The average molecular weight is 579 g/mol. The van der Waals surface area contributed by atoms with Gasteiger partial charge in [0.15, 0.2) is 0 Å². The van der Waals surface area contributed by atoms with Gasteiger partial charge in [-0.25, -0.2) is 0 Å². The molecule has 0 saturated heterocycles. The van der Waals surface area contributed by atoms with E-state index in [0.717, 1.165) is 0 Å². The Morgan fingerprint density at radius 1 is 0.465 bits per heavy atom. The van der Waals surface area contributed by atoms with Crippen LogP contribution in [0.2, 0.25) is 0 Å². The van der Waals surface area contributed by atoms with E-state index in [2.05, 4.69) is 197 Å². The summed E-state index contributed by atoms with van der Waals surface area (Å²) in [5.41, 5.74) is 7.63. The van der Waals surface area contributed by atoms with Crippen LogP contribution in [0.1, 0.15) is 49.9 Å². The molecule has 4 atom stereocenters. The maximum Gasteiger partial charge on any atom is 0.0376 e. The summed E-state index contributed by atoms with van der Waals surface area (Å²) >= 11 is 2.14. The van der Waals surface area contributed by atoms with Crippen LogP contribution >= 0.6 is 11.8 Å². The molecule has 2 aliphatic carbocycles. The Labute approximate surface area is 263 Å². The van der Waals surface area contributed by atoms with Gasteiger partial charge in [-0.2, -0.15) is 0 Å². The van der Waals surface area contributed by atoms with Crippen LogP contribution in [-0.4, -0.2) is 10.5 Å². The molecule has 4 aromatic rings. The van der Waals surface area contributed by atoms with Gasteiger partial charge < -0.3 is 0 Å². The third kappa shape index (κ3) is 5.41. The van der Waals surface area contributed by atoms with Crippen molar-refractivity contribution in [1.29, 1.82) is 0 Å². The Morgan fingerprint density at radius 2 is 0.791 bits per heavy atom. The first-order chi connectivity index (χ1) is 20.9. The van der Waals surface area contributed by atoms with E-state index in [1.54, 1.807) is 0 Å². The Morgan fingerprint density at radius 3 is 1.12 bits per heavy atom. The Hall–Kier alpha value is -3.81. The van der Waals surface area contributed by atoms with E-state index in [1.165, 1.54) is 33.4 Å². The fraction of sp³-hybridized carbons (Fsp3) is 0.238. The molecule has 0 saturated carbocycles. The zero-order valence-electron chi connectivity index (χ0n) is 25.7. The average Bonchev–Trinajstić information content (AvgIpc) is 3.06. The van der Waals surface area contributed by atoms with Gasteiger partial charge in [0.1, 0.15) is 0 Å². The van der Waals surface area contributed by atoms with E-state index in [4.69, 9.17) is 0 Å². The van der Waals surface area contributed by atoms with Gasteiger partial charge in [-0.1, -0.05) is 185 Å². The van der Waals surface area contributed by atoms with E-state index in [9.17, 15) is 0 Å². The third-order valence-corrected chi connectivity index (χ3v) is 11.3. The molecular formula is C42H42S. The van der Waals surface area contributed by atoms with Crippen molar-refractivity contribution < 1.29 is 0 Å². The zero-order valence-corrected chi connectivity index (χ0v) is 26.5. The zero-order chi connectivity index (χ0) is 29.9. The predicted molar refractivity (Wildman–Crippen MR) is 188 cm³/mol. The van der Waals surface area contributed by atoms with Gasteiger partial charge in [0.25, 0.3) is 0 Å². The molecule has 0 nitrogen and oxygen atoms in total. The summed E-state index contributed by atoms with van der Waals surface area (Å²) in [4.78, 5) is 0. The van der Waals surface area contributed by atoms with Crippen LogP contribution in [0.3, 0.4) is 0 Å². The van der Waals surface area contributed by atoms with E-state index < -0.39 is 0 Å². The molecule has 216 valence electrons. The lowest BCUT2D eigenvalue weighted by molar-refractivity contribution is 0.380. The first-order valence-corrected chi connectivity index (χ1v) is 16.6. The number of allylic oxidation sites excluding steroid dienone is 6. The third-order valence-electron chi connectivity index (χ3n) is 9.65. The summed E-state index contributed by atoms with van der Waals surface area (Å²) in [6, 6.07) is 44.1. The molecule has 4 aromatic carbocycles. The molecule has 1 heteroatoms. The molecule has 4 unspecified atom stereocenters. The van der Waals surface area contributed by atoms with Crippen molar-refractivity contribution in [3.63, 3.8) is 0 Å². The van der Waals surface area contributed by atoms with Crippen LogP contribution in [0.15, 0.2) is 158 Å². The highest BCUT2D eigenvalue weighted by atomic mass is 32.2. The molecule has 0 fully saturated rings. The van der Waals surface area contributed by atoms with Crippen molar-refractivity contribution in [2.45, 2.75) is 49.0 Å². The van der Waals surface area contributed by atoms with Crippen LogP contribution in [0.5, 0.6) is 0 Å². The smallest absolute Gasteiger partial charge is 0.0376 e. The van der Waals surface area contributed by atoms with Crippen molar-refractivity contribution in [1.82, 2.24) is 0 Å². The minimum atomic E-state index is -0.147.